The molecule has 0 aromatic heterocycles. The van der Waals surface area contributed by atoms with Crippen LogP contribution in [0.15, 0.2) is 30.3 Å². The van der Waals surface area contributed by atoms with Crippen LogP contribution in [0.4, 0.5) is 0 Å². The van der Waals surface area contributed by atoms with Crippen molar-refractivity contribution in [3.63, 3.8) is 0 Å². The third kappa shape index (κ3) is 4.66. The normalized spacial score (nSPS) is 15.0. The third-order valence-electron chi connectivity index (χ3n) is 4.16. The average molecular weight is 332 g/mol. The number of carbonyl (C=O) groups excluding carboxylic acids is 3. The summed E-state index contributed by atoms with van der Waals surface area (Å²) in [5.41, 5.74) is 0.776. The number of ether oxygens (including phenoxy) is 2. The fourth-order valence-electron chi connectivity index (χ4n) is 2.81. The third-order valence-corrected chi connectivity index (χ3v) is 4.16. The molecular formula is C19H24O5. The molecule has 0 amide bonds. The smallest absolute Gasteiger partial charge is 0.320 e. The van der Waals surface area contributed by atoms with Crippen LogP contribution in [0.3, 0.4) is 0 Å². The first-order chi connectivity index (χ1) is 11.6. The van der Waals surface area contributed by atoms with E-state index in [9.17, 15) is 14.4 Å². The first-order valence-corrected chi connectivity index (χ1v) is 8.49. The van der Waals surface area contributed by atoms with E-state index in [0.29, 0.717) is 0 Å². The molecule has 5 heteroatoms. The van der Waals surface area contributed by atoms with Gasteiger partial charge in [-0.1, -0.05) is 30.3 Å². The van der Waals surface area contributed by atoms with Crippen LogP contribution in [-0.4, -0.2) is 30.9 Å². The van der Waals surface area contributed by atoms with Gasteiger partial charge >= 0.3 is 11.9 Å². The molecule has 1 atom stereocenters. The summed E-state index contributed by atoms with van der Waals surface area (Å²) in [6.45, 7) is 3.72. The summed E-state index contributed by atoms with van der Waals surface area (Å²) in [6.07, 6.45) is 1.94. The van der Waals surface area contributed by atoms with Gasteiger partial charge in [0, 0.05) is 18.3 Å². The Morgan fingerprint density at radius 3 is 2.00 bits per heavy atom. The van der Waals surface area contributed by atoms with Gasteiger partial charge in [0.05, 0.1) is 13.2 Å². The van der Waals surface area contributed by atoms with Gasteiger partial charge in [0.25, 0.3) is 0 Å². The van der Waals surface area contributed by atoms with Crippen LogP contribution < -0.4 is 0 Å². The molecule has 1 aromatic carbocycles. The Bertz CT molecular complexity index is 559. The molecule has 1 fully saturated rings. The van der Waals surface area contributed by atoms with Crippen LogP contribution in [0.5, 0.6) is 0 Å². The molecule has 1 aromatic rings. The van der Waals surface area contributed by atoms with Gasteiger partial charge in [-0.3, -0.25) is 14.4 Å². The zero-order valence-electron chi connectivity index (χ0n) is 14.2. The lowest BCUT2D eigenvalue weighted by atomic mass is 9.81. The van der Waals surface area contributed by atoms with Crippen molar-refractivity contribution in [2.24, 2.45) is 11.8 Å². The number of hydrogen-bond acceptors (Lipinski definition) is 5. The first-order valence-electron chi connectivity index (χ1n) is 8.49. The van der Waals surface area contributed by atoms with Crippen molar-refractivity contribution in [1.82, 2.24) is 0 Å². The maximum atomic E-state index is 12.4. The second kappa shape index (κ2) is 8.62. The highest BCUT2D eigenvalue weighted by Gasteiger charge is 2.41. The zero-order chi connectivity index (χ0) is 17.5. The zero-order valence-corrected chi connectivity index (χ0v) is 14.2. The van der Waals surface area contributed by atoms with Crippen LogP contribution in [0.1, 0.15) is 44.6 Å². The second-order valence-electron chi connectivity index (χ2n) is 5.94. The van der Waals surface area contributed by atoms with E-state index in [1.807, 2.05) is 30.3 Å². The Labute approximate surface area is 142 Å². The molecule has 2 rings (SSSR count). The van der Waals surface area contributed by atoms with Crippen molar-refractivity contribution < 1.29 is 23.9 Å². The molecule has 0 heterocycles. The number of benzene rings is 1. The summed E-state index contributed by atoms with van der Waals surface area (Å²) >= 11 is 0. The first kappa shape index (κ1) is 18.2. The maximum Gasteiger partial charge on any atom is 0.320 e. The SMILES string of the molecule is CCOC(=O)C(C(=O)OCC)[C@@H](CC(=O)C1CC1)c1ccccc1. The number of hydrogen-bond donors (Lipinski definition) is 0. The number of esters is 2. The molecule has 1 aliphatic carbocycles. The molecule has 1 aliphatic rings. The van der Waals surface area contributed by atoms with Crippen molar-refractivity contribution in [2.75, 3.05) is 13.2 Å². The van der Waals surface area contributed by atoms with E-state index in [4.69, 9.17) is 9.47 Å². The molecule has 0 radical (unpaired) electrons. The highest BCUT2D eigenvalue weighted by atomic mass is 16.6. The minimum absolute atomic E-state index is 0.0706. The van der Waals surface area contributed by atoms with Crippen LogP contribution >= 0.6 is 0 Å². The monoisotopic (exact) mass is 332 g/mol. The number of ketones is 1. The van der Waals surface area contributed by atoms with E-state index in [-0.39, 0.29) is 31.3 Å². The number of carbonyl (C=O) groups is 3. The molecule has 24 heavy (non-hydrogen) atoms. The highest BCUT2D eigenvalue weighted by Crippen LogP contribution is 2.37. The minimum Gasteiger partial charge on any atom is -0.465 e. The van der Waals surface area contributed by atoms with E-state index in [2.05, 4.69) is 0 Å². The Kier molecular flexibility index (Phi) is 6.53. The van der Waals surface area contributed by atoms with Gasteiger partial charge in [0.2, 0.25) is 0 Å². The van der Waals surface area contributed by atoms with Gasteiger partial charge < -0.3 is 9.47 Å². The molecule has 0 aliphatic heterocycles. The van der Waals surface area contributed by atoms with Crippen molar-refractivity contribution in [1.29, 1.82) is 0 Å². The van der Waals surface area contributed by atoms with E-state index >= 15 is 0 Å². The van der Waals surface area contributed by atoms with Crippen LogP contribution in [-0.2, 0) is 23.9 Å². The van der Waals surface area contributed by atoms with Crippen molar-refractivity contribution in [2.45, 2.75) is 39.0 Å². The lowest BCUT2D eigenvalue weighted by Gasteiger charge is -2.24. The van der Waals surface area contributed by atoms with Crippen molar-refractivity contribution in [3.8, 4) is 0 Å². The van der Waals surface area contributed by atoms with E-state index in [1.165, 1.54) is 0 Å². The Morgan fingerprint density at radius 2 is 1.54 bits per heavy atom. The average Bonchev–Trinajstić information content (AvgIpc) is 3.40. The lowest BCUT2D eigenvalue weighted by molar-refractivity contribution is -0.162. The standard InChI is InChI=1S/C19H24O5/c1-3-23-18(21)17(19(22)24-4-2)15(12-16(20)14-10-11-14)13-8-6-5-7-9-13/h5-9,14-15,17H,3-4,10-12H2,1-2H3/t15-/m0/s1. The largest absolute Gasteiger partial charge is 0.465 e. The van der Waals surface area contributed by atoms with E-state index in [1.54, 1.807) is 13.8 Å². The van der Waals surface area contributed by atoms with E-state index < -0.39 is 23.8 Å². The maximum absolute atomic E-state index is 12.4. The number of Topliss-reactive ketones (excluding diaryl/α,β-unsaturated/α-hetero) is 1. The fraction of sp³-hybridized carbons (Fsp3) is 0.526. The minimum atomic E-state index is -1.12. The predicted octanol–water partition coefficient (Wildman–Crippen LogP) is 2.88. The van der Waals surface area contributed by atoms with Gasteiger partial charge in [-0.05, 0) is 32.3 Å². The molecule has 1 saturated carbocycles. The van der Waals surface area contributed by atoms with Crippen LogP contribution in [0, 0.1) is 11.8 Å². The predicted molar refractivity (Wildman–Crippen MR) is 88.3 cm³/mol. The van der Waals surface area contributed by atoms with E-state index in [0.717, 1.165) is 18.4 Å². The molecule has 0 N–H and O–H groups in total. The van der Waals surface area contributed by atoms with Crippen LogP contribution in [0.2, 0.25) is 0 Å². The summed E-state index contributed by atoms with van der Waals surface area (Å²) in [5.74, 6) is -2.77. The highest BCUT2D eigenvalue weighted by molar-refractivity contribution is 5.97. The molecule has 0 spiro atoms. The van der Waals surface area contributed by atoms with Gasteiger partial charge in [0.1, 0.15) is 5.78 Å². The van der Waals surface area contributed by atoms with Gasteiger partial charge in [-0.15, -0.1) is 0 Å². The Hall–Kier alpha value is -2.17. The topological polar surface area (TPSA) is 69.7 Å². The lowest BCUT2D eigenvalue weighted by Crippen LogP contribution is -2.34. The number of rotatable bonds is 9. The molecule has 130 valence electrons. The molecular weight excluding hydrogens is 308 g/mol. The summed E-state index contributed by atoms with van der Waals surface area (Å²) in [5, 5.41) is 0. The molecule has 0 saturated heterocycles. The second-order valence-corrected chi connectivity index (χ2v) is 5.94. The van der Waals surface area contributed by atoms with Gasteiger partial charge in [-0.2, -0.15) is 0 Å². The van der Waals surface area contributed by atoms with Gasteiger partial charge in [-0.25, -0.2) is 0 Å². The molecule has 0 unspecified atom stereocenters. The summed E-state index contributed by atoms with van der Waals surface area (Å²) in [7, 11) is 0. The summed E-state index contributed by atoms with van der Waals surface area (Å²) in [4.78, 5) is 37.2. The Balaban J connectivity index is 2.32. The van der Waals surface area contributed by atoms with Crippen molar-refractivity contribution in [3.05, 3.63) is 35.9 Å². The Morgan fingerprint density at radius 1 is 1.00 bits per heavy atom. The van der Waals surface area contributed by atoms with Crippen molar-refractivity contribution >= 4 is 17.7 Å². The van der Waals surface area contributed by atoms with Crippen LogP contribution in [0.25, 0.3) is 0 Å². The molecule has 0 bridgehead atoms. The summed E-state index contributed by atoms with van der Waals surface area (Å²) in [6, 6.07) is 9.17. The summed E-state index contributed by atoms with van der Waals surface area (Å²) < 4.78 is 10.2. The molecule has 5 nitrogen and oxygen atoms in total. The van der Waals surface area contributed by atoms with Gasteiger partial charge in [0.15, 0.2) is 5.92 Å². The fourth-order valence-corrected chi connectivity index (χ4v) is 2.81. The quantitative estimate of drug-likeness (QED) is 0.514.